The van der Waals surface area contributed by atoms with Crippen LogP contribution in [0.25, 0.3) is 0 Å². The molecule has 5 rings (SSSR count). The van der Waals surface area contributed by atoms with Gasteiger partial charge in [0.15, 0.2) is 0 Å². The molecule has 2 unspecified atom stereocenters. The van der Waals surface area contributed by atoms with E-state index < -0.39 is 0 Å². The van der Waals surface area contributed by atoms with E-state index in [1.807, 2.05) is 48.5 Å². The first-order valence-corrected chi connectivity index (χ1v) is 12.4. The lowest BCUT2D eigenvalue weighted by atomic mass is 10.0. The Balaban J connectivity index is 1.32. The zero-order valence-corrected chi connectivity index (χ0v) is 20.2. The van der Waals surface area contributed by atoms with E-state index in [9.17, 15) is 0 Å². The number of hydrogen-bond acceptors (Lipinski definition) is 2. The topological polar surface area (TPSA) is 18.5 Å². The number of ether oxygens (including phenoxy) is 2. The maximum absolute atomic E-state index is 6.49. The molecular formula is C34H30O2. The van der Waals surface area contributed by atoms with Crippen LogP contribution in [0.15, 0.2) is 146 Å². The van der Waals surface area contributed by atoms with E-state index >= 15 is 0 Å². The Bertz CT molecular complexity index is 1200. The lowest BCUT2D eigenvalue weighted by Crippen LogP contribution is -2.12. The minimum absolute atomic E-state index is 0.0736. The molecule has 0 bridgehead atoms. The van der Waals surface area contributed by atoms with E-state index in [2.05, 4.69) is 97.1 Å². The third-order valence-corrected chi connectivity index (χ3v) is 6.25. The standard InChI is InChI=1S/C34H30O2/c1-5-13-27(14-6-1)25-33(29-17-9-3-10-18-29)35-31-21-23-32(24-22-31)36-34(30-19-11-4-12-20-30)26-28-15-7-2-8-16-28/h1-24,33-34H,25-26H2. The number of benzene rings is 5. The van der Waals surface area contributed by atoms with Crippen molar-refractivity contribution in [2.45, 2.75) is 25.0 Å². The van der Waals surface area contributed by atoms with E-state index in [1.165, 1.54) is 11.1 Å². The van der Waals surface area contributed by atoms with Crippen molar-refractivity contribution < 1.29 is 9.47 Å². The lowest BCUT2D eigenvalue weighted by molar-refractivity contribution is 0.199. The fourth-order valence-corrected chi connectivity index (χ4v) is 4.37. The van der Waals surface area contributed by atoms with Crippen molar-refractivity contribution in [3.8, 4) is 11.5 Å². The third kappa shape index (κ3) is 6.43. The Morgan fingerprint density at radius 2 is 0.667 bits per heavy atom. The first kappa shape index (κ1) is 23.4. The zero-order valence-electron chi connectivity index (χ0n) is 20.2. The average Bonchev–Trinajstić information content (AvgIpc) is 2.95. The van der Waals surface area contributed by atoms with Gasteiger partial charge in [0.25, 0.3) is 0 Å². The fourth-order valence-electron chi connectivity index (χ4n) is 4.37. The van der Waals surface area contributed by atoms with Gasteiger partial charge in [-0.3, -0.25) is 0 Å². The van der Waals surface area contributed by atoms with Crippen molar-refractivity contribution in [1.29, 1.82) is 0 Å². The summed E-state index contributed by atoms with van der Waals surface area (Å²) in [5, 5.41) is 0. The molecule has 5 aromatic rings. The molecule has 0 saturated heterocycles. The van der Waals surface area contributed by atoms with Gasteiger partial charge in [0.2, 0.25) is 0 Å². The quantitative estimate of drug-likeness (QED) is 0.204. The highest BCUT2D eigenvalue weighted by Crippen LogP contribution is 2.30. The Hall–Kier alpha value is -4.30. The summed E-state index contributed by atoms with van der Waals surface area (Å²) in [6.07, 6.45) is 1.46. The van der Waals surface area contributed by atoms with Crippen molar-refractivity contribution in [3.05, 3.63) is 168 Å². The number of hydrogen-bond donors (Lipinski definition) is 0. The van der Waals surface area contributed by atoms with E-state index in [0.29, 0.717) is 0 Å². The molecule has 178 valence electrons. The summed E-state index contributed by atoms with van der Waals surface area (Å²) in [4.78, 5) is 0. The molecule has 0 aliphatic heterocycles. The van der Waals surface area contributed by atoms with Crippen LogP contribution in [0.4, 0.5) is 0 Å². The molecule has 0 aliphatic rings. The summed E-state index contributed by atoms with van der Waals surface area (Å²) >= 11 is 0. The van der Waals surface area contributed by atoms with Gasteiger partial charge in [-0.25, -0.2) is 0 Å². The molecule has 36 heavy (non-hydrogen) atoms. The molecule has 0 fully saturated rings. The smallest absolute Gasteiger partial charge is 0.128 e. The van der Waals surface area contributed by atoms with Crippen LogP contribution in [-0.2, 0) is 12.8 Å². The van der Waals surface area contributed by atoms with Crippen LogP contribution in [0.1, 0.15) is 34.5 Å². The summed E-state index contributed by atoms with van der Waals surface area (Å²) in [6.45, 7) is 0. The maximum Gasteiger partial charge on any atom is 0.128 e. The molecule has 0 heterocycles. The molecule has 0 radical (unpaired) electrons. The van der Waals surface area contributed by atoms with Gasteiger partial charge in [0.1, 0.15) is 23.7 Å². The van der Waals surface area contributed by atoms with E-state index in [0.717, 1.165) is 35.5 Å². The second kappa shape index (κ2) is 11.9. The van der Waals surface area contributed by atoms with Gasteiger partial charge >= 0.3 is 0 Å². The Kier molecular flexibility index (Phi) is 7.75. The predicted molar refractivity (Wildman–Crippen MR) is 146 cm³/mol. The molecular weight excluding hydrogens is 440 g/mol. The Labute approximate surface area is 213 Å². The lowest BCUT2D eigenvalue weighted by Gasteiger charge is -2.22. The van der Waals surface area contributed by atoms with Crippen LogP contribution in [0.3, 0.4) is 0 Å². The highest BCUT2D eigenvalue weighted by molar-refractivity contribution is 5.34. The van der Waals surface area contributed by atoms with E-state index in [1.54, 1.807) is 0 Å². The largest absolute Gasteiger partial charge is 0.485 e. The maximum atomic E-state index is 6.49. The molecule has 0 spiro atoms. The van der Waals surface area contributed by atoms with Crippen LogP contribution in [0, 0.1) is 0 Å². The summed E-state index contributed by atoms with van der Waals surface area (Å²) < 4.78 is 13.0. The predicted octanol–water partition coefficient (Wildman–Crippen LogP) is 8.41. The molecule has 0 amide bonds. The normalized spacial score (nSPS) is 12.4. The summed E-state index contributed by atoms with van der Waals surface area (Å²) in [7, 11) is 0. The molecule has 2 atom stereocenters. The van der Waals surface area contributed by atoms with Gasteiger partial charge < -0.3 is 9.47 Å². The highest BCUT2D eigenvalue weighted by Gasteiger charge is 2.16. The van der Waals surface area contributed by atoms with Crippen LogP contribution in [-0.4, -0.2) is 0 Å². The molecule has 0 aliphatic carbocycles. The molecule has 0 aromatic heterocycles. The molecule has 2 nitrogen and oxygen atoms in total. The Morgan fingerprint density at radius 1 is 0.361 bits per heavy atom. The van der Waals surface area contributed by atoms with Gasteiger partial charge in [-0.1, -0.05) is 121 Å². The second-order valence-electron chi connectivity index (χ2n) is 8.89. The molecule has 0 N–H and O–H groups in total. The zero-order chi connectivity index (χ0) is 24.4. The van der Waals surface area contributed by atoms with Crippen molar-refractivity contribution in [2.24, 2.45) is 0 Å². The van der Waals surface area contributed by atoms with Crippen molar-refractivity contribution in [1.82, 2.24) is 0 Å². The summed E-state index contributed by atoms with van der Waals surface area (Å²) in [5.41, 5.74) is 4.82. The number of rotatable bonds is 10. The van der Waals surface area contributed by atoms with Gasteiger partial charge in [-0.15, -0.1) is 0 Å². The van der Waals surface area contributed by atoms with E-state index in [4.69, 9.17) is 9.47 Å². The second-order valence-corrected chi connectivity index (χ2v) is 8.89. The van der Waals surface area contributed by atoms with Gasteiger partial charge in [0.05, 0.1) is 0 Å². The first-order valence-electron chi connectivity index (χ1n) is 12.4. The van der Waals surface area contributed by atoms with Crippen LogP contribution >= 0.6 is 0 Å². The third-order valence-electron chi connectivity index (χ3n) is 6.25. The highest BCUT2D eigenvalue weighted by atomic mass is 16.5. The van der Waals surface area contributed by atoms with E-state index in [-0.39, 0.29) is 12.2 Å². The minimum atomic E-state index is -0.0736. The van der Waals surface area contributed by atoms with Gasteiger partial charge in [-0.05, 0) is 46.5 Å². The van der Waals surface area contributed by atoms with Crippen molar-refractivity contribution in [3.63, 3.8) is 0 Å². The molecule has 2 heteroatoms. The van der Waals surface area contributed by atoms with Crippen molar-refractivity contribution in [2.75, 3.05) is 0 Å². The van der Waals surface area contributed by atoms with Crippen LogP contribution in [0.5, 0.6) is 11.5 Å². The minimum Gasteiger partial charge on any atom is -0.485 e. The first-order chi connectivity index (χ1) is 17.8. The Morgan fingerprint density at radius 3 is 1.00 bits per heavy atom. The van der Waals surface area contributed by atoms with Crippen LogP contribution < -0.4 is 9.47 Å². The molecule has 5 aromatic carbocycles. The monoisotopic (exact) mass is 470 g/mol. The fraction of sp³-hybridized carbons (Fsp3) is 0.118. The van der Waals surface area contributed by atoms with Crippen LogP contribution in [0.2, 0.25) is 0 Å². The SMILES string of the molecule is c1ccc(CC(Oc2ccc(OC(Cc3ccccc3)c3ccccc3)cc2)c2ccccc2)cc1. The molecule has 0 saturated carbocycles. The van der Waals surface area contributed by atoms with Gasteiger partial charge in [0, 0.05) is 12.8 Å². The van der Waals surface area contributed by atoms with Crippen molar-refractivity contribution >= 4 is 0 Å². The summed E-state index contributed by atoms with van der Waals surface area (Å²) in [5.74, 6) is 1.65. The summed E-state index contributed by atoms with van der Waals surface area (Å²) in [6, 6.07) is 49.8. The van der Waals surface area contributed by atoms with Gasteiger partial charge in [-0.2, -0.15) is 0 Å². The average molecular weight is 471 g/mol.